The van der Waals surface area contributed by atoms with Crippen molar-refractivity contribution < 1.29 is 25.5 Å². The molecular weight excluding hydrogens is 152 g/mol. The summed E-state index contributed by atoms with van der Waals surface area (Å²) in [6.07, 6.45) is -1.51. The van der Waals surface area contributed by atoms with Gasteiger partial charge in [0.05, 0.1) is 25.9 Å². The van der Waals surface area contributed by atoms with Gasteiger partial charge >= 0.3 is 0 Å². The van der Waals surface area contributed by atoms with Crippen LogP contribution in [0.4, 0.5) is 0 Å². The molecule has 5 heteroatoms. The highest BCUT2D eigenvalue weighted by Crippen LogP contribution is 1.71. The molecule has 0 heterocycles. The summed E-state index contributed by atoms with van der Waals surface area (Å²) in [6.45, 7) is 0.660. The molecule has 5 nitrogen and oxygen atoms in total. The minimum atomic E-state index is -0.954. The fourth-order valence-corrected chi connectivity index (χ4v) is 0.0577. The van der Waals surface area contributed by atoms with E-state index in [1.807, 2.05) is 0 Å². The number of aliphatic hydroxyl groups is 5. The molecule has 0 fully saturated rings. The zero-order chi connectivity index (χ0) is 9.28. The van der Waals surface area contributed by atoms with Gasteiger partial charge < -0.3 is 25.5 Å². The van der Waals surface area contributed by atoms with Crippen LogP contribution < -0.4 is 0 Å². The number of hydrogen-bond donors (Lipinski definition) is 5. The lowest BCUT2D eigenvalue weighted by atomic mass is 10.4. The van der Waals surface area contributed by atoms with E-state index in [2.05, 4.69) is 0 Å². The lowest BCUT2D eigenvalue weighted by Crippen LogP contribution is -2.15. The van der Waals surface area contributed by atoms with Crippen molar-refractivity contribution in [2.75, 3.05) is 19.8 Å². The van der Waals surface area contributed by atoms with E-state index in [0.717, 1.165) is 0 Å². The summed E-state index contributed by atoms with van der Waals surface area (Å²) in [7, 11) is 0. The maximum atomic E-state index is 8.17. The van der Waals surface area contributed by atoms with Crippen LogP contribution in [-0.4, -0.2) is 57.6 Å². The molecular formula is C6H16O5. The molecule has 0 saturated heterocycles. The summed E-state index contributed by atoms with van der Waals surface area (Å²) in [5.74, 6) is 0. The van der Waals surface area contributed by atoms with Gasteiger partial charge in [0.15, 0.2) is 0 Å². The van der Waals surface area contributed by atoms with Crippen molar-refractivity contribution in [3.63, 3.8) is 0 Å². The zero-order valence-electron chi connectivity index (χ0n) is 6.51. The quantitative estimate of drug-likeness (QED) is 0.326. The van der Waals surface area contributed by atoms with E-state index >= 15 is 0 Å². The predicted octanol–water partition coefficient (Wildman–Crippen LogP) is -2.31. The second-order valence-electron chi connectivity index (χ2n) is 2.05. The highest BCUT2D eigenvalue weighted by Gasteiger charge is 1.93. The predicted molar refractivity (Wildman–Crippen MR) is 38.9 cm³/mol. The van der Waals surface area contributed by atoms with Crippen molar-refractivity contribution in [2.45, 2.75) is 19.1 Å². The molecule has 0 aliphatic carbocycles. The molecule has 70 valence electrons. The van der Waals surface area contributed by atoms with Crippen LogP contribution in [0.5, 0.6) is 0 Å². The Bertz CT molecular complexity index is 62.0. The molecule has 0 aliphatic heterocycles. The monoisotopic (exact) mass is 168 g/mol. The Morgan fingerprint density at radius 1 is 0.909 bits per heavy atom. The molecule has 1 unspecified atom stereocenters. The van der Waals surface area contributed by atoms with Crippen molar-refractivity contribution in [2.24, 2.45) is 0 Å². The maximum absolute atomic E-state index is 8.17. The van der Waals surface area contributed by atoms with Gasteiger partial charge in [0.2, 0.25) is 0 Å². The van der Waals surface area contributed by atoms with Crippen LogP contribution in [-0.2, 0) is 0 Å². The highest BCUT2D eigenvalue weighted by molar-refractivity contribution is 4.44. The maximum Gasteiger partial charge on any atom is 0.100 e. The van der Waals surface area contributed by atoms with Crippen LogP contribution in [0.25, 0.3) is 0 Å². The Morgan fingerprint density at radius 2 is 1.18 bits per heavy atom. The summed E-state index contributed by atoms with van der Waals surface area (Å²) in [6, 6.07) is 0. The van der Waals surface area contributed by atoms with E-state index in [-0.39, 0.29) is 19.8 Å². The molecule has 1 atom stereocenters. The minimum Gasteiger partial charge on any atom is -0.394 e. The Hall–Kier alpha value is -0.200. The van der Waals surface area contributed by atoms with Crippen LogP contribution in [0.15, 0.2) is 0 Å². The Balaban J connectivity index is 0. The first-order valence-electron chi connectivity index (χ1n) is 3.27. The highest BCUT2D eigenvalue weighted by atomic mass is 16.3. The van der Waals surface area contributed by atoms with Crippen molar-refractivity contribution in [1.82, 2.24) is 0 Å². The fraction of sp³-hybridized carbons (Fsp3) is 1.00. The Morgan fingerprint density at radius 3 is 1.18 bits per heavy atom. The molecule has 0 radical (unpaired) electrons. The van der Waals surface area contributed by atoms with Gasteiger partial charge in [-0.05, 0) is 6.92 Å². The van der Waals surface area contributed by atoms with Gasteiger partial charge in [-0.25, -0.2) is 0 Å². The average Bonchev–Trinajstić information content (AvgIpc) is 2.04. The summed E-state index contributed by atoms with van der Waals surface area (Å²) in [5, 5.41) is 40.0. The van der Waals surface area contributed by atoms with Crippen LogP contribution in [0.3, 0.4) is 0 Å². The fourth-order valence-electron chi connectivity index (χ4n) is 0.0577. The van der Waals surface area contributed by atoms with E-state index < -0.39 is 12.2 Å². The van der Waals surface area contributed by atoms with E-state index in [9.17, 15) is 0 Å². The molecule has 0 amide bonds. The second-order valence-corrected chi connectivity index (χ2v) is 2.05. The van der Waals surface area contributed by atoms with Crippen molar-refractivity contribution in [3.05, 3.63) is 0 Å². The van der Waals surface area contributed by atoms with Gasteiger partial charge in [-0.1, -0.05) is 0 Å². The van der Waals surface area contributed by atoms with Crippen molar-refractivity contribution in [3.8, 4) is 0 Å². The lowest BCUT2D eigenvalue weighted by Gasteiger charge is -1.96. The molecule has 0 aromatic carbocycles. The Kier molecular flexibility index (Phi) is 11.9. The third-order valence-electron chi connectivity index (χ3n) is 0.686. The van der Waals surface area contributed by atoms with Crippen LogP contribution in [0.1, 0.15) is 6.92 Å². The topological polar surface area (TPSA) is 101 Å². The molecule has 0 bridgehead atoms. The summed E-state index contributed by atoms with van der Waals surface area (Å²) < 4.78 is 0. The smallest absolute Gasteiger partial charge is 0.100 e. The standard InChI is InChI=1S/C3H8O3.C3H8O2/c4-1-3(6)2-5;1-3(5)2-4/h3-6H,1-2H2;3-5H,2H2,1H3. The van der Waals surface area contributed by atoms with Gasteiger partial charge in [0.1, 0.15) is 6.10 Å². The summed E-state index contributed by atoms with van der Waals surface area (Å²) in [5.41, 5.74) is 0. The molecule has 0 aromatic heterocycles. The molecule has 0 spiro atoms. The number of aliphatic hydroxyl groups excluding tert-OH is 5. The molecule has 0 aromatic rings. The van der Waals surface area contributed by atoms with Crippen molar-refractivity contribution in [1.29, 1.82) is 0 Å². The van der Waals surface area contributed by atoms with Gasteiger partial charge in [-0.15, -0.1) is 0 Å². The van der Waals surface area contributed by atoms with Gasteiger partial charge in [-0.2, -0.15) is 0 Å². The first kappa shape index (κ1) is 13.4. The molecule has 0 aliphatic rings. The third kappa shape index (κ3) is 17.7. The van der Waals surface area contributed by atoms with E-state index in [0.29, 0.717) is 0 Å². The molecule has 0 rings (SSSR count). The minimum absolute atomic E-state index is 0.139. The van der Waals surface area contributed by atoms with E-state index in [4.69, 9.17) is 25.5 Å². The van der Waals surface area contributed by atoms with Gasteiger partial charge in [-0.3, -0.25) is 0 Å². The normalized spacial score (nSPS) is 12.3. The van der Waals surface area contributed by atoms with E-state index in [1.54, 1.807) is 0 Å². The van der Waals surface area contributed by atoms with Crippen LogP contribution >= 0.6 is 0 Å². The summed E-state index contributed by atoms with van der Waals surface area (Å²) >= 11 is 0. The van der Waals surface area contributed by atoms with Crippen LogP contribution in [0, 0.1) is 0 Å². The molecule has 5 N–H and O–H groups in total. The van der Waals surface area contributed by atoms with E-state index in [1.165, 1.54) is 6.92 Å². The Labute approximate surface area is 65.5 Å². The third-order valence-corrected chi connectivity index (χ3v) is 0.686. The molecule has 11 heavy (non-hydrogen) atoms. The number of hydrogen-bond acceptors (Lipinski definition) is 5. The SMILES string of the molecule is CC(O)CO.OCC(O)CO. The van der Waals surface area contributed by atoms with Crippen LogP contribution in [0.2, 0.25) is 0 Å². The zero-order valence-corrected chi connectivity index (χ0v) is 6.51. The molecule has 0 saturated carbocycles. The lowest BCUT2D eigenvalue weighted by molar-refractivity contribution is 0.0450. The van der Waals surface area contributed by atoms with Gasteiger partial charge in [0, 0.05) is 0 Å². The van der Waals surface area contributed by atoms with Gasteiger partial charge in [0.25, 0.3) is 0 Å². The average molecular weight is 168 g/mol. The number of rotatable bonds is 3. The van der Waals surface area contributed by atoms with Crippen molar-refractivity contribution >= 4 is 0 Å². The summed E-state index contributed by atoms with van der Waals surface area (Å²) in [4.78, 5) is 0. The second kappa shape index (κ2) is 9.80. The largest absolute Gasteiger partial charge is 0.394 e. The first-order chi connectivity index (χ1) is 5.08. The first-order valence-corrected chi connectivity index (χ1v) is 3.27.